The monoisotopic (exact) mass is 488 g/mol. The molecule has 0 aromatic heterocycles. The first-order valence-electron chi connectivity index (χ1n) is 12.0. The van der Waals surface area contributed by atoms with Crippen molar-refractivity contribution in [2.24, 2.45) is 17.4 Å². The standard InChI is InChI=1S/C26H36N4O3.ClH/c1-3-17(4-2)26(33)30-15-7-10-22(30)25(32)29-23(24(28)31)21(13-14-27)20-12-11-18-8-5-6-9-19(18)16-20;/h5-6,8-9,11-12,16-17,21-23H,3-4,7,10,13-15,27H2,1-2H3,(H2,28,31)(H,29,32);1H. The molecule has 34 heavy (non-hydrogen) atoms. The summed E-state index contributed by atoms with van der Waals surface area (Å²) in [5, 5.41) is 5.02. The Morgan fingerprint density at radius 3 is 2.38 bits per heavy atom. The number of nitrogens with two attached hydrogens (primary N) is 2. The van der Waals surface area contributed by atoms with Crippen molar-refractivity contribution in [2.75, 3.05) is 13.1 Å². The van der Waals surface area contributed by atoms with Crippen LogP contribution < -0.4 is 16.8 Å². The number of likely N-dealkylation sites (tertiary alicyclic amines) is 1. The van der Waals surface area contributed by atoms with E-state index in [9.17, 15) is 14.4 Å². The Bertz CT molecular complexity index is 995. The minimum atomic E-state index is -0.909. The van der Waals surface area contributed by atoms with Crippen LogP contribution in [0.2, 0.25) is 0 Å². The number of amides is 3. The average molecular weight is 489 g/mol. The van der Waals surface area contributed by atoms with Crippen molar-refractivity contribution in [3.8, 4) is 0 Å². The lowest BCUT2D eigenvalue weighted by Gasteiger charge is -2.31. The molecule has 2 aromatic carbocycles. The van der Waals surface area contributed by atoms with E-state index in [0.717, 1.165) is 35.6 Å². The highest BCUT2D eigenvalue weighted by atomic mass is 35.5. The largest absolute Gasteiger partial charge is 0.368 e. The fraction of sp³-hybridized carbons (Fsp3) is 0.500. The second kappa shape index (κ2) is 12.7. The molecule has 0 bridgehead atoms. The summed E-state index contributed by atoms with van der Waals surface area (Å²) in [6.07, 6.45) is 3.32. The highest BCUT2D eigenvalue weighted by Crippen LogP contribution is 2.28. The number of nitrogens with zero attached hydrogens (tertiary/aromatic N) is 1. The van der Waals surface area contributed by atoms with Crippen LogP contribution in [0.3, 0.4) is 0 Å². The topological polar surface area (TPSA) is 119 Å². The van der Waals surface area contributed by atoms with E-state index in [1.807, 2.05) is 56.3 Å². The molecule has 1 saturated heterocycles. The van der Waals surface area contributed by atoms with Gasteiger partial charge in [-0.2, -0.15) is 0 Å². The molecular formula is C26H37ClN4O3. The van der Waals surface area contributed by atoms with Gasteiger partial charge in [0.15, 0.2) is 0 Å². The number of fused-ring (bicyclic) bond motifs is 1. The fourth-order valence-electron chi connectivity index (χ4n) is 4.94. The van der Waals surface area contributed by atoms with Crippen molar-refractivity contribution in [3.05, 3.63) is 48.0 Å². The van der Waals surface area contributed by atoms with Crippen molar-refractivity contribution in [3.63, 3.8) is 0 Å². The zero-order chi connectivity index (χ0) is 24.0. The fourth-order valence-corrected chi connectivity index (χ4v) is 4.94. The highest BCUT2D eigenvalue weighted by molar-refractivity contribution is 5.93. The number of nitrogens with one attached hydrogen (secondary N) is 1. The van der Waals surface area contributed by atoms with Gasteiger partial charge < -0.3 is 21.7 Å². The third-order valence-electron chi connectivity index (χ3n) is 6.86. The zero-order valence-electron chi connectivity index (χ0n) is 20.0. The maximum atomic E-state index is 13.3. The summed E-state index contributed by atoms with van der Waals surface area (Å²) in [4.78, 5) is 40.4. The molecule has 0 saturated carbocycles. The third kappa shape index (κ3) is 6.07. The number of halogens is 1. The summed E-state index contributed by atoms with van der Waals surface area (Å²) in [5.74, 6) is -1.36. The number of carbonyl (C=O) groups excluding carboxylic acids is 3. The van der Waals surface area contributed by atoms with Gasteiger partial charge in [0.2, 0.25) is 17.7 Å². The van der Waals surface area contributed by atoms with Crippen LogP contribution in [0.25, 0.3) is 10.8 Å². The van der Waals surface area contributed by atoms with Crippen LogP contribution in [0.4, 0.5) is 0 Å². The van der Waals surface area contributed by atoms with Crippen molar-refractivity contribution >= 4 is 40.9 Å². The molecule has 1 aliphatic rings. The lowest BCUT2D eigenvalue weighted by molar-refractivity contribution is -0.142. The van der Waals surface area contributed by atoms with Crippen LogP contribution in [-0.2, 0) is 14.4 Å². The van der Waals surface area contributed by atoms with E-state index < -0.39 is 18.0 Å². The molecule has 3 atom stereocenters. The van der Waals surface area contributed by atoms with Crippen molar-refractivity contribution in [1.82, 2.24) is 10.2 Å². The predicted octanol–water partition coefficient (Wildman–Crippen LogP) is 3.09. The molecule has 5 N–H and O–H groups in total. The van der Waals surface area contributed by atoms with Crippen molar-refractivity contribution < 1.29 is 14.4 Å². The maximum absolute atomic E-state index is 13.3. The van der Waals surface area contributed by atoms with Gasteiger partial charge in [-0.3, -0.25) is 14.4 Å². The summed E-state index contributed by atoms with van der Waals surface area (Å²) in [6.45, 7) is 4.88. The highest BCUT2D eigenvalue weighted by Gasteiger charge is 2.38. The molecule has 7 nitrogen and oxygen atoms in total. The summed E-state index contributed by atoms with van der Waals surface area (Å²) >= 11 is 0. The van der Waals surface area contributed by atoms with Gasteiger partial charge in [-0.1, -0.05) is 56.3 Å². The normalized spacial score (nSPS) is 17.3. The molecule has 8 heteroatoms. The summed E-state index contributed by atoms with van der Waals surface area (Å²) < 4.78 is 0. The van der Waals surface area contributed by atoms with Crippen LogP contribution in [0, 0.1) is 5.92 Å². The number of primary amides is 1. The summed E-state index contributed by atoms with van der Waals surface area (Å²) in [5.41, 5.74) is 12.6. The lowest BCUT2D eigenvalue weighted by Crippen LogP contribution is -2.55. The van der Waals surface area contributed by atoms with Gasteiger partial charge >= 0.3 is 0 Å². The third-order valence-corrected chi connectivity index (χ3v) is 6.86. The van der Waals surface area contributed by atoms with E-state index in [1.165, 1.54) is 0 Å². The molecule has 1 heterocycles. The molecular weight excluding hydrogens is 452 g/mol. The van der Waals surface area contributed by atoms with Gasteiger partial charge in [-0.15, -0.1) is 12.4 Å². The molecule has 3 rings (SSSR count). The van der Waals surface area contributed by atoms with E-state index in [0.29, 0.717) is 25.9 Å². The Morgan fingerprint density at radius 1 is 1.09 bits per heavy atom. The molecule has 0 aliphatic carbocycles. The van der Waals surface area contributed by atoms with E-state index in [1.54, 1.807) is 4.90 Å². The van der Waals surface area contributed by atoms with Crippen LogP contribution in [-0.4, -0.2) is 47.8 Å². The Labute approximate surface area is 208 Å². The lowest BCUT2D eigenvalue weighted by atomic mass is 9.86. The quantitative estimate of drug-likeness (QED) is 0.476. The van der Waals surface area contributed by atoms with Crippen LogP contribution in [0.15, 0.2) is 42.5 Å². The number of rotatable bonds is 10. The van der Waals surface area contributed by atoms with Crippen LogP contribution in [0.1, 0.15) is 57.4 Å². The molecule has 1 aliphatic heterocycles. The van der Waals surface area contributed by atoms with Crippen LogP contribution in [0.5, 0.6) is 0 Å². The van der Waals surface area contributed by atoms with Gasteiger partial charge in [-0.25, -0.2) is 0 Å². The Kier molecular flexibility index (Phi) is 10.3. The smallest absolute Gasteiger partial charge is 0.243 e. The molecule has 0 spiro atoms. The molecule has 186 valence electrons. The minimum absolute atomic E-state index is 0. The van der Waals surface area contributed by atoms with E-state index in [2.05, 4.69) is 5.32 Å². The second-order valence-electron chi connectivity index (χ2n) is 8.88. The molecule has 3 amide bonds. The van der Waals surface area contributed by atoms with E-state index in [-0.39, 0.29) is 36.1 Å². The van der Waals surface area contributed by atoms with Gasteiger partial charge in [0.25, 0.3) is 0 Å². The Balaban J connectivity index is 0.00000408. The van der Waals surface area contributed by atoms with Crippen molar-refractivity contribution in [1.29, 1.82) is 0 Å². The molecule has 3 unspecified atom stereocenters. The Morgan fingerprint density at radius 2 is 1.76 bits per heavy atom. The average Bonchev–Trinajstić information content (AvgIpc) is 3.31. The Hall–Kier alpha value is -2.64. The molecule has 0 radical (unpaired) electrons. The summed E-state index contributed by atoms with van der Waals surface area (Å²) in [7, 11) is 0. The first-order chi connectivity index (χ1) is 15.9. The SMILES string of the molecule is CCC(CC)C(=O)N1CCCC1C(=O)NC(C(N)=O)C(CCN)c1ccc2ccccc2c1.Cl. The van der Waals surface area contributed by atoms with Gasteiger partial charge in [-0.05, 0) is 55.0 Å². The van der Waals surface area contributed by atoms with Gasteiger partial charge in [0.1, 0.15) is 12.1 Å². The first-order valence-corrected chi connectivity index (χ1v) is 12.0. The van der Waals surface area contributed by atoms with Gasteiger partial charge in [0.05, 0.1) is 0 Å². The van der Waals surface area contributed by atoms with E-state index >= 15 is 0 Å². The minimum Gasteiger partial charge on any atom is -0.368 e. The number of benzene rings is 2. The number of carbonyl (C=O) groups is 3. The van der Waals surface area contributed by atoms with E-state index in [4.69, 9.17) is 11.5 Å². The van der Waals surface area contributed by atoms with Gasteiger partial charge in [0, 0.05) is 18.4 Å². The number of hydrogen-bond acceptors (Lipinski definition) is 4. The summed E-state index contributed by atoms with van der Waals surface area (Å²) in [6, 6.07) is 12.5. The predicted molar refractivity (Wildman–Crippen MR) is 138 cm³/mol. The molecule has 2 aromatic rings. The molecule has 1 fully saturated rings. The maximum Gasteiger partial charge on any atom is 0.243 e. The number of hydrogen-bond donors (Lipinski definition) is 3. The van der Waals surface area contributed by atoms with Crippen LogP contribution >= 0.6 is 12.4 Å². The first kappa shape index (κ1) is 27.6. The van der Waals surface area contributed by atoms with Crippen molar-refractivity contribution in [2.45, 2.75) is 64.0 Å². The second-order valence-corrected chi connectivity index (χ2v) is 8.88. The zero-order valence-corrected chi connectivity index (χ0v) is 20.9.